The molecule has 0 spiro atoms. The maximum atomic E-state index is 12.5. The molecule has 2 N–H and O–H groups in total. The van der Waals surface area contributed by atoms with Crippen molar-refractivity contribution in [1.29, 1.82) is 0 Å². The van der Waals surface area contributed by atoms with E-state index in [9.17, 15) is 14.4 Å². The zero-order valence-corrected chi connectivity index (χ0v) is 14.8. The molecule has 0 aliphatic carbocycles. The van der Waals surface area contributed by atoms with E-state index in [4.69, 9.17) is 0 Å². The molecule has 8 heteroatoms. The van der Waals surface area contributed by atoms with E-state index >= 15 is 0 Å². The maximum Gasteiger partial charge on any atom is 0.260 e. The molecule has 7 nitrogen and oxygen atoms in total. The van der Waals surface area contributed by atoms with Crippen LogP contribution in [0.1, 0.15) is 35.3 Å². The first kappa shape index (κ1) is 17.1. The van der Waals surface area contributed by atoms with E-state index in [-0.39, 0.29) is 17.7 Å². The molecule has 3 amide bonds. The van der Waals surface area contributed by atoms with Crippen molar-refractivity contribution in [2.24, 2.45) is 0 Å². The number of amides is 3. The minimum Gasteiger partial charge on any atom is -0.378 e. The van der Waals surface area contributed by atoms with Gasteiger partial charge in [0.15, 0.2) is 0 Å². The molecule has 0 unspecified atom stereocenters. The number of benzene rings is 1. The van der Waals surface area contributed by atoms with E-state index in [0.29, 0.717) is 46.9 Å². The summed E-state index contributed by atoms with van der Waals surface area (Å²) in [7, 11) is 1.74. The lowest BCUT2D eigenvalue weighted by Gasteiger charge is -2.24. The highest BCUT2D eigenvalue weighted by atomic mass is 32.1. The van der Waals surface area contributed by atoms with Crippen LogP contribution in [0.3, 0.4) is 0 Å². The minimum atomic E-state index is -0.256. The fourth-order valence-corrected chi connectivity index (χ4v) is 3.48. The highest BCUT2D eigenvalue weighted by Crippen LogP contribution is 2.26. The van der Waals surface area contributed by atoms with Crippen molar-refractivity contribution in [3.05, 3.63) is 35.5 Å². The molecule has 0 bridgehead atoms. The number of imide groups is 1. The number of carbonyl (C=O) groups excluding carboxylic acids is 3. The number of anilines is 3. The van der Waals surface area contributed by atoms with E-state index in [0.717, 1.165) is 0 Å². The third-order valence-electron chi connectivity index (χ3n) is 3.98. The van der Waals surface area contributed by atoms with Crippen LogP contribution in [0.25, 0.3) is 0 Å². The van der Waals surface area contributed by atoms with Crippen molar-refractivity contribution < 1.29 is 14.4 Å². The van der Waals surface area contributed by atoms with Crippen molar-refractivity contribution in [3.63, 3.8) is 0 Å². The van der Waals surface area contributed by atoms with E-state index in [1.165, 1.54) is 16.4 Å². The van der Waals surface area contributed by atoms with Crippen molar-refractivity contribution in [2.45, 2.75) is 26.2 Å². The van der Waals surface area contributed by atoms with Gasteiger partial charge in [-0.15, -0.1) is 0 Å². The molecule has 130 valence electrons. The second kappa shape index (κ2) is 7.02. The van der Waals surface area contributed by atoms with Gasteiger partial charge in [0.2, 0.25) is 11.8 Å². The molecule has 0 radical (unpaired) electrons. The monoisotopic (exact) mass is 358 g/mol. The second-order valence-electron chi connectivity index (χ2n) is 5.70. The number of carbonyl (C=O) groups is 3. The number of hydrogen-bond donors (Lipinski definition) is 2. The number of nitrogens with zero attached hydrogens (tertiary/aromatic N) is 2. The van der Waals surface area contributed by atoms with Crippen molar-refractivity contribution in [1.82, 2.24) is 4.37 Å². The first-order chi connectivity index (χ1) is 12.0. The molecule has 1 saturated heterocycles. The van der Waals surface area contributed by atoms with Crippen LogP contribution in [-0.4, -0.2) is 29.1 Å². The quantitative estimate of drug-likeness (QED) is 0.820. The predicted octanol–water partition coefficient (Wildman–Crippen LogP) is 2.79. The lowest BCUT2D eigenvalue weighted by atomic mass is 10.1. The van der Waals surface area contributed by atoms with Crippen LogP contribution in [0.4, 0.5) is 16.4 Å². The fourth-order valence-electron chi connectivity index (χ4n) is 2.74. The topological polar surface area (TPSA) is 91.4 Å². The lowest BCUT2D eigenvalue weighted by molar-refractivity contribution is -0.129. The van der Waals surface area contributed by atoms with Crippen LogP contribution in [0.2, 0.25) is 0 Å². The summed E-state index contributed by atoms with van der Waals surface area (Å²) < 4.78 is 4.18. The number of hydrogen-bond acceptors (Lipinski definition) is 6. The molecule has 1 aliphatic heterocycles. The number of aryl methyl sites for hydroxylation is 1. The number of piperidine rings is 1. The summed E-state index contributed by atoms with van der Waals surface area (Å²) in [5.41, 5.74) is 2.28. The van der Waals surface area contributed by atoms with Gasteiger partial charge in [0.05, 0.1) is 16.9 Å². The normalized spacial score (nSPS) is 14.6. The Kier molecular flexibility index (Phi) is 4.80. The van der Waals surface area contributed by atoms with Crippen molar-refractivity contribution >= 4 is 45.6 Å². The Balaban J connectivity index is 1.76. The van der Waals surface area contributed by atoms with Gasteiger partial charge in [-0.2, -0.15) is 4.37 Å². The Morgan fingerprint density at radius 2 is 1.80 bits per heavy atom. The zero-order chi connectivity index (χ0) is 18.0. The van der Waals surface area contributed by atoms with Gasteiger partial charge in [-0.05, 0) is 49.1 Å². The van der Waals surface area contributed by atoms with Crippen LogP contribution in [0.15, 0.2) is 24.3 Å². The molecular weight excluding hydrogens is 340 g/mol. The Morgan fingerprint density at radius 1 is 1.16 bits per heavy atom. The first-order valence-corrected chi connectivity index (χ1v) is 8.70. The fraction of sp³-hybridized carbons (Fsp3) is 0.294. The molecule has 1 aliphatic rings. The zero-order valence-electron chi connectivity index (χ0n) is 14.0. The van der Waals surface area contributed by atoms with Gasteiger partial charge in [-0.25, -0.2) is 0 Å². The summed E-state index contributed by atoms with van der Waals surface area (Å²) in [4.78, 5) is 37.6. The highest BCUT2D eigenvalue weighted by Gasteiger charge is 2.27. The molecule has 2 aromatic rings. The average Bonchev–Trinajstić information content (AvgIpc) is 2.97. The van der Waals surface area contributed by atoms with E-state index < -0.39 is 0 Å². The van der Waals surface area contributed by atoms with Crippen LogP contribution in [-0.2, 0) is 9.59 Å². The summed E-state index contributed by atoms with van der Waals surface area (Å²) in [6.45, 7) is 1.78. The summed E-state index contributed by atoms with van der Waals surface area (Å²) in [5.74, 6) is -0.633. The van der Waals surface area contributed by atoms with Gasteiger partial charge >= 0.3 is 0 Å². The third-order valence-corrected chi connectivity index (χ3v) is 4.94. The summed E-state index contributed by atoms with van der Waals surface area (Å²) in [6.07, 6.45) is 1.35. The summed E-state index contributed by atoms with van der Waals surface area (Å²) in [6, 6.07) is 6.68. The smallest absolute Gasteiger partial charge is 0.260 e. The van der Waals surface area contributed by atoms with E-state index in [2.05, 4.69) is 15.0 Å². The molecule has 1 fully saturated rings. The van der Waals surface area contributed by atoms with Crippen molar-refractivity contribution in [3.8, 4) is 0 Å². The van der Waals surface area contributed by atoms with Gasteiger partial charge in [-0.3, -0.25) is 19.3 Å². The first-order valence-electron chi connectivity index (χ1n) is 7.92. The molecular formula is C17H18N4O3S. The molecule has 1 aromatic carbocycles. The molecule has 0 saturated carbocycles. The highest BCUT2D eigenvalue weighted by molar-refractivity contribution is 7.10. The van der Waals surface area contributed by atoms with Crippen LogP contribution in [0, 0.1) is 6.92 Å². The predicted molar refractivity (Wildman–Crippen MR) is 97.1 cm³/mol. The molecule has 0 atom stereocenters. The van der Waals surface area contributed by atoms with E-state index in [1.807, 2.05) is 0 Å². The lowest BCUT2D eigenvalue weighted by Crippen LogP contribution is -2.40. The Hall–Kier alpha value is -2.74. The summed E-state index contributed by atoms with van der Waals surface area (Å²) >= 11 is 1.23. The molecule has 3 rings (SSSR count). The van der Waals surface area contributed by atoms with Gasteiger partial charge in [0.1, 0.15) is 5.00 Å². The van der Waals surface area contributed by atoms with Gasteiger partial charge in [0, 0.05) is 25.6 Å². The summed E-state index contributed by atoms with van der Waals surface area (Å²) in [5, 5.41) is 6.48. The molecule has 1 aromatic heterocycles. The number of rotatable bonds is 4. The van der Waals surface area contributed by atoms with Crippen LogP contribution >= 0.6 is 11.5 Å². The van der Waals surface area contributed by atoms with Crippen LogP contribution in [0.5, 0.6) is 0 Å². The maximum absolute atomic E-state index is 12.5. The minimum absolute atomic E-state index is 0.188. The average molecular weight is 358 g/mol. The van der Waals surface area contributed by atoms with E-state index in [1.54, 1.807) is 38.2 Å². The molecule has 25 heavy (non-hydrogen) atoms. The van der Waals surface area contributed by atoms with Gasteiger partial charge < -0.3 is 10.6 Å². The number of aromatic nitrogens is 1. The standard InChI is InChI=1S/C17H18N4O3S/c1-10-15(17(18-2)25-20-10)16(24)19-11-6-8-12(9-7-11)21-13(22)4-3-5-14(21)23/h6-9,18H,3-5H2,1-2H3,(H,19,24). The van der Waals surface area contributed by atoms with Crippen molar-refractivity contribution in [2.75, 3.05) is 22.6 Å². The SMILES string of the molecule is CNc1snc(C)c1C(=O)Nc1ccc(N2C(=O)CCCC2=O)cc1. The Labute approximate surface area is 149 Å². The Bertz CT molecular complexity index is 813. The van der Waals surface area contributed by atoms with Crippen LogP contribution < -0.4 is 15.5 Å². The van der Waals surface area contributed by atoms with Gasteiger partial charge in [-0.1, -0.05) is 0 Å². The third kappa shape index (κ3) is 3.39. The van der Waals surface area contributed by atoms with Gasteiger partial charge in [0.25, 0.3) is 5.91 Å². The Morgan fingerprint density at radius 3 is 2.40 bits per heavy atom. The second-order valence-corrected chi connectivity index (χ2v) is 6.47. The molecule has 2 heterocycles. The number of nitrogens with one attached hydrogen (secondary N) is 2. The largest absolute Gasteiger partial charge is 0.378 e.